The lowest BCUT2D eigenvalue weighted by Gasteiger charge is -2.11. The molecule has 7 heteroatoms. The van der Waals surface area contributed by atoms with E-state index in [0.717, 1.165) is 18.6 Å². The Labute approximate surface area is 103 Å². The van der Waals surface area contributed by atoms with E-state index in [9.17, 15) is 19.3 Å². The Morgan fingerprint density at radius 3 is 2.78 bits per heavy atom. The molecule has 0 bridgehead atoms. The molecular weight excluding hydrogens is 241 g/mol. The monoisotopic (exact) mass is 255 g/mol. The molecule has 1 rings (SSSR count). The molecule has 0 aliphatic heterocycles. The van der Waals surface area contributed by atoms with Crippen molar-refractivity contribution in [2.45, 2.75) is 25.8 Å². The number of hydrogen-bond acceptors (Lipinski definition) is 4. The molecule has 1 aromatic carbocycles. The first-order valence-corrected chi connectivity index (χ1v) is 5.46. The van der Waals surface area contributed by atoms with Crippen LogP contribution in [0.1, 0.15) is 19.8 Å². The van der Waals surface area contributed by atoms with E-state index < -0.39 is 28.4 Å². The molecule has 1 atom stereocenters. The first kappa shape index (κ1) is 14.0. The van der Waals surface area contributed by atoms with Gasteiger partial charge in [0.15, 0.2) is 0 Å². The molecule has 0 saturated carbocycles. The second kappa shape index (κ2) is 6.06. The minimum Gasteiger partial charge on any atom is -0.325 e. The van der Waals surface area contributed by atoms with E-state index in [2.05, 4.69) is 5.32 Å². The Hall–Kier alpha value is -2.02. The summed E-state index contributed by atoms with van der Waals surface area (Å²) in [6.07, 6.45) is 1.27. The average Bonchev–Trinajstić information content (AvgIpc) is 2.28. The third kappa shape index (κ3) is 3.49. The third-order valence-electron chi connectivity index (χ3n) is 2.35. The lowest BCUT2D eigenvalue weighted by molar-refractivity contribution is -0.387. The van der Waals surface area contributed by atoms with Crippen LogP contribution in [0.2, 0.25) is 0 Å². The van der Waals surface area contributed by atoms with Crippen molar-refractivity contribution in [3.8, 4) is 0 Å². The summed E-state index contributed by atoms with van der Waals surface area (Å²) >= 11 is 0. The molecule has 0 unspecified atom stereocenters. The number of nitrogens with zero attached hydrogens (tertiary/aromatic N) is 1. The molecule has 98 valence electrons. The Morgan fingerprint density at radius 1 is 1.61 bits per heavy atom. The topological polar surface area (TPSA) is 98.3 Å². The van der Waals surface area contributed by atoms with Gasteiger partial charge < -0.3 is 11.1 Å². The SMILES string of the molecule is CCC[C@@H](N)C(=O)Nc1ccc([N+](=O)[O-])c(F)c1. The zero-order valence-corrected chi connectivity index (χ0v) is 9.85. The van der Waals surface area contributed by atoms with Gasteiger partial charge in [0.2, 0.25) is 11.7 Å². The Bertz CT molecular complexity index is 465. The molecule has 1 amide bonds. The molecule has 0 radical (unpaired) electrons. The number of anilines is 1. The number of nitrogens with two attached hydrogens (primary N) is 1. The van der Waals surface area contributed by atoms with Gasteiger partial charge in [0.1, 0.15) is 0 Å². The molecule has 0 spiro atoms. The van der Waals surface area contributed by atoms with Crippen LogP contribution in [0.15, 0.2) is 18.2 Å². The van der Waals surface area contributed by atoms with Crippen LogP contribution in [0, 0.1) is 15.9 Å². The van der Waals surface area contributed by atoms with Gasteiger partial charge in [-0.25, -0.2) is 0 Å². The summed E-state index contributed by atoms with van der Waals surface area (Å²) in [7, 11) is 0. The lowest BCUT2D eigenvalue weighted by Crippen LogP contribution is -2.35. The quantitative estimate of drug-likeness (QED) is 0.619. The van der Waals surface area contributed by atoms with Crippen molar-refractivity contribution in [1.82, 2.24) is 0 Å². The van der Waals surface area contributed by atoms with E-state index in [1.54, 1.807) is 0 Å². The van der Waals surface area contributed by atoms with Gasteiger partial charge in [-0.2, -0.15) is 4.39 Å². The predicted molar refractivity (Wildman–Crippen MR) is 64.6 cm³/mol. The van der Waals surface area contributed by atoms with Crippen LogP contribution in [0.3, 0.4) is 0 Å². The molecule has 0 saturated heterocycles. The first-order valence-electron chi connectivity index (χ1n) is 5.46. The van der Waals surface area contributed by atoms with Crippen molar-refractivity contribution in [2.24, 2.45) is 5.73 Å². The highest BCUT2D eigenvalue weighted by Gasteiger charge is 2.16. The van der Waals surface area contributed by atoms with Crippen molar-refractivity contribution in [1.29, 1.82) is 0 Å². The van der Waals surface area contributed by atoms with Crippen molar-refractivity contribution in [3.63, 3.8) is 0 Å². The molecule has 6 nitrogen and oxygen atoms in total. The van der Waals surface area contributed by atoms with E-state index in [4.69, 9.17) is 5.73 Å². The number of carbonyl (C=O) groups is 1. The third-order valence-corrected chi connectivity index (χ3v) is 2.35. The number of benzene rings is 1. The van der Waals surface area contributed by atoms with E-state index in [1.165, 1.54) is 6.07 Å². The smallest absolute Gasteiger partial charge is 0.304 e. The second-order valence-corrected chi connectivity index (χ2v) is 3.81. The summed E-state index contributed by atoms with van der Waals surface area (Å²) in [4.78, 5) is 21.1. The minimum atomic E-state index is -0.998. The van der Waals surface area contributed by atoms with Gasteiger partial charge in [0.05, 0.1) is 11.0 Å². The van der Waals surface area contributed by atoms with Crippen molar-refractivity contribution in [2.75, 3.05) is 5.32 Å². The van der Waals surface area contributed by atoms with Gasteiger partial charge in [-0.3, -0.25) is 14.9 Å². The van der Waals surface area contributed by atoms with Gasteiger partial charge in [-0.05, 0) is 12.5 Å². The largest absolute Gasteiger partial charge is 0.325 e. The van der Waals surface area contributed by atoms with E-state index in [1.807, 2.05) is 6.92 Å². The van der Waals surface area contributed by atoms with Gasteiger partial charge in [-0.1, -0.05) is 13.3 Å². The fourth-order valence-corrected chi connectivity index (χ4v) is 1.41. The summed E-state index contributed by atoms with van der Waals surface area (Å²) in [5, 5.41) is 12.8. The predicted octanol–water partition coefficient (Wildman–Crippen LogP) is 1.80. The number of halogens is 1. The number of nitrogens with one attached hydrogen (secondary N) is 1. The maximum Gasteiger partial charge on any atom is 0.304 e. The lowest BCUT2D eigenvalue weighted by atomic mass is 10.1. The Kier molecular flexibility index (Phi) is 4.73. The van der Waals surface area contributed by atoms with Crippen LogP contribution in [-0.2, 0) is 4.79 Å². The summed E-state index contributed by atoms with van der Waals surface area (Å²) in [5.74, 6) is -1.44. The van der Waals surface area contributed by atoms with E-state index in [-0.39, 0.29) is 5.69 Å². The highest BCUT2D eigenvalue weighted by Crippen LogP contribution is 2.20. The van der Waals surface area contributed by atoms with Gasteiger partial charge in [-0.15, -0.1) is 0 Å². The molecule has 0 aromatic heterocycles. The van der Waals surface area contributed by atoms with Crippen LogP contribution >= 0.6 is 0 Å². The standard InChI is InChI=1S/C11H14FN3O3/c1-2-3-9(13)11(16)14-7-4-5-10(15(17)18)8(12)6-7/h4-6,9H,2-3,13H2,1H3,(H,14,16)/t9-/m1/s1. The Morgan fingerprint density at radius 2 is 2.28 bits per heavy atom. The second-order valence-electron chi connectivity index (χ2n) is 3.81. The van der Waals surface area contributed by atoms with E-state index in [0.29, 0.717) is 6.42 Å². The van der Waals surface area contributed by atoms with Gasteiger partial charge in [0.25, 0.3) is 0 Å². The van der Waals surface area contributed by atoms with Crippen molar-refractivity contribution >= 4 is 17.3 Å². The molecule has 0 aliphatic rings. The van der Waals surface area contributed by atoms with Crippen LogP contribution < -0.4 is 11.1 Å². The first-order chi connectivity index (χ1) is 8.45. The molecular formula is C11H14FN3O3. The summed E-state index contributed by atoms with van der Waals surface area (Å²) < 4.78 is 13.3. The summed E-state index contributed by atoms with van der Waals surface area (Å²) in [6.45, 7) is 1.89. The number of amides is 1. The van der Waals surface area contributed by atoms with Crippen LogP contribution in [0.5, 0.6) is 0 Å². The number of nitro groups is 1. The maximum absolute atomic E-state index is 13.3. The molecule has 0 aliphatic carbocycles. The fourth-order valence-electron chi connectivity index (χ4n) is 1.41. The zero-order chi connectivity index (χ0) is 13.7. The maximum atomic E-state index is 13.3. The van der Waals surface area contributed by atoms with Crippen LogP contribution in [0.25, 0.3) is 0 Å². The number of nitro benzene ring substituents is 1. The van der Waals surface area contributed by atoms with Crippen LogP contribution in [0.4, 0.5) is 15.8 Å². The van der Waals surface area contributed by atoms with E-state index >= 15 is 0 Å². The van der Waals surface area contributed by atoms with Crippen molar-refractivity contribution < 1.29 is 14.1 Å². The van der Waals surface area contributed by atoms with Crippen LogP contribution in [-0.4, -0.2) is 16.9 Å². The molecule has 3 N–H and O–H groups in total. The molecule has 18 heavy (non-hydrogen) atoms. The minimum absolute atomic E-state index is 0.148. The molecule has 1 aromatic rings. The van der Waals surface area contributed by atoms with Gasteiger partial charge >= 0.3 is 5.69 Å². The Balaban J connectivity index is 2.77. The number of carbonyl (C=O) groups excluding carboxylic acids is 1. The zero-order valence-electron chi connectivity index (χ0n) is 9.85. The number of hydrogen-bond donors (Lipinski definition) is 2. The number of rotatable bonds is 5. The summed E-state index contributed by atoms with van der Waals surface area (Å²) in [6, 6.07) is 2.48. The molecule has 0 heterocycles. The fraction of sp³-hybridized carbons (Fsp3) is 0.364. The van der Waals surface area contributed by atoms with Crippen molar-refractivity contribution in [3.05, 3.63) is 34.1 Å². The average molecular weight is 255 g/mol. The highest BCUT2D eigenvalue weighted by molar-refractivity contribution is 5.94. The normalized spacial score (nSPS) is 11.9. The van der Waals surface area contributed by atoms with Gasteiger partial charge in [0, 0.05) is 17.8 Å². The molecule has 0 fully saturated rings. The highest BCUT2D eigenvalue weighted by atomic mass is 19.1. The summed E-state index contributed by atoms with van der Waals surface area (Å²) in [5.41, 5.74) is 5.09.